The molecule has 2 aromatic carbocycles. The average Bonchev–Trinajstić information content (AvgIpc) is 3.12. The molecule has 0 atom stereocenters. The lowest BCUT2D eigenvalue weighted by atomic mass is 10.2. The van der Waals surface area contributed by atoms with Gasteiger partial charge in [0.05, 0.1) is 29.0 Å². The molecule has 0 saturated carbocycles. The summed E-state index contributed by atoms with van der Waals surface area (Å²) in [7, 11) is -3.83. The number of hydrogen-bond acceptors (Lipinski definition) is 7. The largest absolute Gasteiger partial charge is 0.297 e. The molecule has 0 unspecified atom stereocenters. The van der Waals surface area contributed by atoms with Crippen LogP contribution in [0.25, 0.3) is 21.9 Å². The summed E-state index contributed by atoms with van der Waals surface area (Å²) in [5.74, 6) is -0.537. The van der Waals surface area contributed by atoms with E-state index in [1.165, 1.54) is 29.1 Å². The third-order valence-corrected chi connectivity index (χ3v) is 6.00. The van der Waals surface area contributed by atoms with E-state index in [1.54, 1.807) is 12.1 Å². The lowest BCUT2D eigenvalue weighted by Gasteiger charge is -2.09. The molecule has 0 bridgehead atoms. The average molecular weight is 405 g/mol. The SMILES string of the molecule is O=c1c2cc(F)ccc2ncn1CCNS(=O)(=O)c1cccc2nsnc12. The van der Waals surface area contributed by atoms with Gasteiger partial charge in [-0.1, -0.05) is 6.07 Å². The van der Waals surface area contributed by atoms with Gasteiger partial charge in [0, 0.05) is 13.1 Å². The molecule has 0 saturated heterocycles. The summed E-state index contributed by atoms with van der Waals surface area (Å²) >= 11 is 0.931. The Hall–Kier alpha value is -2.76. The van der Waals surface area contributed by atoms with Crippen molar-refractivity contribution in [3.8, 4) is 0 Å². The zero-order valence-corrected chi connectivity index (χ0v) is 15.3. The molecular formula is C16H12FN5O3S2. The van der Waals surface area contributed by atoms with Crippen LogP contribution in [0, 0.1) is 5.82 Å². The highest BCUT2D eigenvalue weighted by molar-refractivity contribution is 7.89. The predicted octanol–water partition coefficient (Wildman–Crippen LogP) is 1.52. The number of benzene rings is 2. The summed E-state index contributed by atoms with van der Waals surface area (Å²) < 4.78 is 50.2. The van der Waals surface area contributed by atoms with Crippen LogP contribution in [0.5, 0.6) is 0 Å². The smallest absolute Gasteiger partial charge is 0.261 e. The fourth-order valence-electron chi connectivity index (χ4n) is 2.67. The molecule has 8 nitrogen and oxygen atoms in total. The Bertz CT molecular complexity index is 1320. The molecule has 2 heterocycles. The van der Waals surface area contributed by atoms with Gasteiger partial charge in [-0.2, -0.15) is 8.75 Å². The number of fused-ring (bicyclic) bond motifs is 2. The molecule has 0 amide bonds. The van der Waals surface area contributed by atoms with Crippen molar-refractivity contribution in [2.75, 3.05) is 6.54 Å². The van der Waals surface area contributed by atoms with Gasteiger partial charge < -0.3 is 0 Å². The van der Waals surface area contributed by atoms with Crippen LogP contribution in [-0.4, -0.2) is 33.3 Å². The number of nitrogens with one attached hydrogen (secondary N) is 1. The lowest BCUT2D eigenvalue weighted by molar-refractivity contribution is 0.570. The van der Waals surface area contributed by atoms with Gasteiger partial charge in [0.15, 0.2) is 0 Å². The van der Waals surface area contributed by atoms with Gasteiger partial charge in [0.2, 0.25) is 10.0 Å². The topological polar surface area (TPSA) is 107 Å². The molecular weight excluding hydrogens is 393 g/mol. The third kappa shape index (κ3) is 3.31. The van der Waals surface area contributed by atoms with Crippen LogP contribution in [0.3, 0.4) is 0 Å². The van der Waals surface area contributed by atoms with E-state index in [0.717, 1.165) is 17.8 Å². The van der Waals surface area contributed by atoms with Crippen LogP contribution in [0.2, 0.25) is 0 Å². The quantitative estimate of drug-likeness (QED) is 0.540. The molecule has 0 spiro atoms. The number of aromatic nitrogens is 4. The number of nitrogens with zero attached hydrogens (tertiary/aromatic N) is 4. The summed E-state index contributed by atoms with van der Waals surface area (Å²) in [6, 6.07) is 8.46. The summed E-state index contributed by atoms with van der Waals surface area (Å²) in [5, 5.41) is 0.138. The van der Waals surface area contributed by atoms with Gasteiger partial charge in [-0.3, -0.25) is 9.36 Å². The minimum atomic E-state index is -3.83. The fraction of sp³-hybridized carbons (Fsp3) is 0.125. The fourth-order valence-corrected chi connectivity index (χ4v) is 4.45. The van der Waals surface area contributed by atoms with Gasteiger partial charge in [-0.15, -0.1) is 0 Å². The molecule has 0 radical (unpaired) electrons. The molecule has 0 aliphatic rings. The molecule has 1 N–H and O–H groups in total. The molecule has 27 heavy (non-hydrogen) atoms. The maximum Gasteiger partial charge on any atom is 0.261 e. The first kappa shape index (κ1) is 17.6. The molecule has 2 aromatic heterocycles. The highest BCUT2D eigenvalue weighted by atomic mass is 32.2. The van der Waals surface area contributed by atoms with Gasteiger partial charge in [-0.05, 0) is 30.3 Å². The second-order valence-electron chi connectivity index (χ2n) is 5.69. The van der Waals surface area contributed by atoms with Crippen molar-refractivity contribution >= 4 is 43.7 Å². The molecule has 0 fully saturated rings. The van der Waals surface area contributed by atoms with E-state index in [2.05, 4.69) is 18.5 Å². The first-order valence-corrected chi connectivity index (χ1v) is 10.0. The minimum Gasteiger partial charge on any atom is -0.297 e. The normalized spacial score (nSPS) is 12.0. The van der Waals surface area contributed by atoms with Crippen molar-refractivity contribution in [2.24, 2.45) is 0 Å². The standard InChI is InChI=1S/C16H12FN5O3S2/c17-10-4-5-12-11(8-10)16(23)22(9-18-12)7-6-19-27(24,25)14-3-1-2-13-15(14)21-26-20-13/h1-5,8-9,19H,6-7H2. The molecule has 0 aliphatic carbocycles. The van der Waals surface area contributed by atoms with E-state index in [0.29, 0.717) is 16.6 Å². The Kier molecular flexibility index (Phi) is 4.42. The summed E-state index contributed by atoms with van der Waals surface area (Å²) in [4.78, 5) is 16.5. The van der Waals surface area contributed by atoms with E-state index in [9.17, 15) is 17.6 Å². The highest BCUT2D eigenvalue weighted by Gasteiger charge is 2.19. The molecule has 4 rings (SSSR count). The van der Waals surface area contributed by atoms with E-state index in [-0.39, 0.29) is 23.4 Å². The van der Waals surface area contributed by atoms with E-state index in [1.807, 2.05) is 0 Å². The van der Waals surface area contributed by atoms with Gasteiger partial charge in [0.1, 0.15) is 21.7 Å². The van der Waals surface area contributed by atoms with Crippen LogP contribution < -0.4 is 10.3 Å². The first-order chi connectivity index (χ1) is 13.0. The van der Waals surface area contributed by atoms with Gasteiger partial charge in [0.25, 0.3) is 5.56 Å². The van der Waals surface area contributed by atoms with E-state index in [4.69, 9.17) is 0 Å². The maximum absolute atomic E-state index is 13.4. The van der Waals surface area contributed by atoms with Crippen molar-refractivity contribution in [3.05, 3.63) is 58.9 Å². The second kappa shape index (κ2) is 6.76. The van der Waals surface area contributed by atoms with Gasteiger partial charge >= 0.3 is 0 Å². The van der Waals surface area contributed by atoms with Crippen molar-refractivity contribution in [1.29, 1.82) is 0 Å². The van der Waals surface area contributed by atoms with Gasteiger partial charge in [-0.25, -0.2) is 22.5 Å². The lowest BCUT2D eigenvalue weighted by Crippen LogP contribution is -2.31. The Morgan fingerprint density at radius 2 is 2.00 bits per heavy atom. The van der Waals surface area contributed by atoms with E-state index >= 15 is 0 Å². The van der Waals surface area contributed by atoms with Crippen LogP contribution in [-0.2, 0) is 16.6 Å². The Morgan fingerprint density at radius 3 is 2.85 bits per heavy atom. The van der Waals surface area contributed by atoms with Crippen molar-refractivity contribution in [3.63, 3.8) is 0 Å². The first-order valence-electron chi connectivity index (χ1n) is 7.81. The number of halogens is 1. The third-order valence-electron chi connectivity index (χ3n) is 3.97. The Morgan fingerprint density at radius 1 is 1.15 bits per heavy atom. The molecule has 4 aromatic rings. The van der Waals surface area contributed by atoms with Crippen LogP contribution in [0.15, 0.2) is 52.4 Å². The summed E-state index contributed by atoms with van der Waals surface area (Å²) in [6.45, 7) is 0.00149. The monoisotopic (exact) mass is 405 g/mol. The van der Waals surface area contributed by atoms with Crippen molar-refractivity contribution < 1.29 is 12.8 Å². The van der Waals surface area contributed by atoms with Crippen LogP contribution in [0.1, 0.15) is 0 Å². The van der Waals surface area contributed by atoms with Crippen molar-refractivity contribution in [1.82, 2.24) is 23.0 Å². The molecule has 11 heteroatoms. The molecule has 0 aliphatic heterocycles. The Balaban J connectivity index is 1.56. The highest BCUT2D eigenvalue weighted by Crippen LogP contribution is 2.20. The minimum absolute atomic E-state index is 0.0276. The number of rotatable bonds is 5. The zero-order valence-electron chi connectivity index (χ0n) is 13.7. The van der Waals surface area contributed by atoms with Crippen LogP contribution >= 0.6 is 11.7 Å². The van der Waals surface area contributed by atoms with Crippen LogP contribution in [0.4, 0.5) is 4.39 Å². The summed E-state index contributed by atoms with van der Waals surface area (Å²) in [6.07, 6.45) is 1.31. The second-order valence-corrected chi connectivity index (χ2v) is 7.95. The van der Waals surface area contributed by atoms with Crippen molar-refractivity contribution in [2.45, 2.75) is 11.4 Å². The maximum atomic E-state index is 13.4. The number of sulfonamides is 1. The van der Waals surface area contributed by atoms with E-state index < -0.39 is 21.4 Å². The summed E-state index contributed by atoms with van der Waals surface area (Å²) in [5.41, 5.74) is 0.736. The number of hydrogen-bond donors (Lipinski definition) is 1. The zero-order chi connectivity index (χ0) is 19.0. The Labute approximate surface area is 156 Å². The predicted molar refractivity (Wildman–Crippen MR) is 98.6 cm³/mol. The molecule has 138 valence electrons.